The molecule has 1 rings (SSSR count). The fourth-order valence-corrected chi connectivity index (χ4v) is 4.30. The molecule has 0 spiro atoms. The van der Waals surface area contributed by atoms with E-state index in [9.17, 15) is 5.11 Å². The molecule has 3 nitrogen and oxygen atoms in total. The van der Waals surface area contributed by atoms with E-state index in [0.29, 0.717) is 13.2 Å². The van der Waals surface area contributed by atoms with Crippen molar-refractivity contribution in [2.45, 2.75) is 116 Å². The summed E-state index contributed by atoms with van der Waals surface area (Å²) < 4.78 is 11.3. The molecule has 0 aliphatic carbocycles. The fourth-order valence-electron chi connectivity index (χ4n) is 4.30. The van der Waals surface area contributed by atoms with E-state index in [-0.39, 0.29) is 12.0 Å². The zero-order valence-corrected chi connectivity index (χ0v) is 21.0. The number of allylic oxidation sites excluding steroid dienone is 1. The molecular formula is C29H50O3. The van der Waals surface area contributed by atoms with Gasteiger partial charge in [-0.3, -0.25) is 0 Å². The minimum Gasteiger partial charge on any atom is -0.496 e. The van der Waals surface area contributed by atoms with Gasteiger partial charge in [-0.25, -0.2) is 0 Å². The van der Waals surface area contributed by atoms with Crippen LogP contribution in [0.4, 0.5) is 0 Å². The molecule has 32 heavy (non-hydrogen) atoms. The predicted octanol–water partition coefficient (Wildman–Crippen LogP) is 8.25. The molecular weight excluding hydrogens is 396 g/mol. The van der Waals surface area contributed by atoms with Crippen LogP contribution in [0.15, 0.2) is 36.9 Å². The highest BCUT2D eigenvalue weighted by Gasteiger charge is 2.18. The number of aliphatic hydroxyl groups excluding tert-OH is 1. The molecule has 0 saturated heterocycles. The first kappa shape index (κ1) is 28.7. The van der Waals surface area contributed by atoms with Gasteiger partial charge in [0.2, 0.25) is 0 Å². The van der Waals surface area contributed by atoms with Crippen molar-refractivity contribution in [3.63, 3.8) is 0 Å². The van der Waals surface area contributed by atoms with Gasteiger partial charge >= 0.3 is 0 Å². The Bertz CT molecular complexity index is 557. The van der Waals surface area contributed by atoms with Crippen molar-refractivity contribution >= 4 is 0 Å². The van der Waals surface area contributed by atoms with E-state index >= 15 is 0 Å². The Morgan fingerprint density at radius 3 is 2.00 bits per heavy atom. The van der Waals surface area contributed by atoms with E-state index in [2.05, 4.69) is 13.5 Å². The fraction of sp³-hybridized carbons (Fsp3) is 0.724. The molecule has 184 valence electrons. The summed E-state index contributed by atoms with van der Waals surface area (Å²) in [5.41, 5.74) is 1.04. The molecule has 0 aliphatic heterocycles. The Balaban J connectivity index is 2.08. The number of methoxy groups -OCH3 is 1. The highest BCUT2D eigenvalue weighted by molar-refractivity contribution is 5.32. The van der Waals surface area contributed by atoms with Gasteiger partial charge in [-0.1, -0.05) is 115 Å². The lowest BCUT2D eigenvalue weighted by atomic mass is 9.94. The summed E-state index contributed by atoms with van der Waals surface area (Å²) >= 11 is 0. The van der Waals surface area contributed by atoms with Gasteiger partial charge in [0.25, 0.3) is 0 Å². The summed E-state index contributed by atoms with van der Waals surface area (Å²) in [5.74, 6) is 0.958. The molecule has 1 N–H and O–H groups in total. The van der Waals surface area contributed by atoms with Crippen molar-refractivity contribution in [3.8, 4) is 5.75 Å². The van der Waals surface area contributed by atoms with Crippen molar-refractivity contribution in [1.29, 1.82) is 0 Å². The lowest BCUT2D eigenvalue weighted by molar-refractivity contribution is 0.0171. The molecule has 0 aliphatic rings. The lowest BCUT2D eigenvalue weighted by Crippen LogP contribution is -2.24. The number of hydrogen-bond acceptors (Lipinski definition) is 3. The molecule has 3 heteroatoms. The second kappa shape index (κ2) is 20.3. The highest BCUT2D eigenvalue weighted by atomic mass is 16.5. The van der Waals surface area contributed by atoms with Gasteiger partial charge in [-0.05, 0) is 18.9 Å². The standard InChI is InChI=1S/C29H50O3/c1-4-6-7-8-9-10-11-12-13-14-15-16-17-22-28(30)26(20-5-2)24-32-25-27-21-18-19-23-29(27)31-3/h5,18-19,21,23,26,28,30H,2,4,6-17,20,22,24-25H2,1,3H3/t26-,28+/m0/s1. The normalized spacial score (nSPS) is 13.1. The third-order valence-electron chi connectivity index (χ3n) is 6.40. The second-order valence-corrected chi connectivity index (χ2v) is 9.21. The topological polar surface area (TPSA) is 38.7 Å². The Labute approximate surface area is 198 Å². The first-order valence-electron chi connectivity index (χ1n) is 13.2. The van der Waals surface area contributed by atoms with Gasteiger partial charge in [0.05, 0.1) is 26.4 Å². The Kier molecular flexibility index (Phi) is 18.2. The zero-order valence-electron chi connectivity index (χ0n) is 21.0. The molecule has 0 radical (unpaired) electrons. The van der Waals surface area contributed by atoms with E-state index in [1.54, 1.807) is 7.11 Å². The van der Waals surface area contributed by atoms with Crippen LogP contribution in [0.2, 0.25) is 0 Å². The molecule has 0 heterocycles. The third kappa shape index (κ3) is 14.0. The predicted molar refractivity (Wildman–Crippen MR) is 137 cm³/mol. The van der Waals surface area contributed by atoms with Gasteiger partial charge < -0.3 is 14.6 Å². The van der Waals surface area contributed by atoms with Crippen molar-refractivity contribution in [2.75, 3.05) is 13.7 Å². The number of unbranched alkanes of at least 4 members (excludes halogenated alkanes) is 12. The van der Waals surface area contributed by atoms with Crippen LogP contribution in [0, 0.1) is 5.92 Å². The SMILES string of the molecule is C=CC[C@@H](COCc1ccccc1OC)[C@H](O)CCCCCCCCCCCCCCC. The van der Waals surface area contributed by atoms with E-state index in [1.807, 2.05) is 30.3 Å². The Morgan fingerprint density at radius 2 is 1.44 bits per heavy atom. The maximum Gasteiger partial charge on any atom is 0.124 e. The van der Waals surface area contributed by atoms with Gasteiger partial charge in [0.1, 0.15) is 5.75 Å². The van der Waals surface area contributed by atoms with Gasteiger partial charge in [-0.2, -0.15) is 0 Å². The highest BCUT2D eigenvalue weighted by Crippen LogP contribution is 2.21. The first-order valence-corrected chi connectivity index (χ1v) is 13.2. The largest absolute Gasteiger partial charge is 0.496 e. The monoisotopic (exact) mass is 446 g/mol. The van der Waals surface area contributed by atoms with Crippen molar-refractivity contribution in [1.82, 2.24) is 0 Å². The van der Waals surface area contributed by atoms with Crippen LogP contribution >= 0.6 is 0 Å². The average molecular weight is 447 g/mol. The summed E-state index contributed by atoms with van der Waals surface area (Å²) in [6.45, 7) is 7.19. The molecule has 0 aromatic heterocycles. The summed E-state index contributed by atoms with van der Waals surface area (Å²) in [4.78, 5) is 0. The van der Waals surface area contributed by atoms with E-state index in [0.717, 1.165) is 30.6 Å². The number of hydrogen-bond donors (Lipinski definition) is 1. The number of rotatable bonds is 22. The molecule has 0 unspecified atom stereocenters. The molecule has 0 fully saturated rings. The summed E-state index contributed by atoms with van der Waals surface area (Å²) in [5, 5.41) is 10.7. The molecule has 0 saturated carbocycles. The van der Waals surface area contributed by atoms with Crippen molar-refractivity contribution in [3.05, 3.63) is 42.5 Å². The first-order chi connectivity index (χ1) is 15.7. The molecule has 0 amide bonds. The van der Waals surface area contributed by atoms with Crippen molar-refractivity contribution < 1.29 is 14.6 Å². The van der Waals surface area contributed by atoms with Gasteiger partial charge in [-0.15, -0.1) is 6.58 Å². The minimum atomic E-state index is -0.321. The number of benzene rings is 1. The molecule has 1 aromatic rings. The maximum absolute atomic E-state index is 10.7. The quantitative estimate of drug-likeness (QED) is 0.144. The minimum absolute atomic E-state index is 0.111. The van der Waals surface area contributed by atoms with Crippen LogP contribution in [0.5, 0.6) is 5.75 Å². The van der Waals surface area contributed by atoms with E-state index in [1.165, 1.54) is 77.0 Å². The molecule has 1 aromatic carbocycles. The van der Waals surface area contributed by atoms with E-state index < -0.39 is 0 Å². The van der Waals surface area contributed by atoms with Gasteiger partial charge in [0.15, 0.2) is 0 Å². The number of aliphatic hydroxyl groups is 1. The molecule has 0 bridgehead atoms. The number of ether oxygens (including phenoxy) is 2. The molecule has 2 atom stereocenters. The van der Waals surface area contributed by atoms with Crippen LogP contribution in [0.25, 0.3) is 0 Å². The van der Waals surface area contributed by atoms with E-state index in [4.69, 9.17) is 9.47 Å². The van der Waals surface area contributed by atoms with Crippen LogP contribution in [0.1, 0.15) is 109 Å². The lowest BCUT2D eigenvalue weighted by Gasteiger charge is -2.22. The maximum atomic E-state index is 10.7. The van der Waals surface area contributed by atoms with Crippen molar-refractivity contribution in [2.24, 2.45) is 5.92 Å². The van der Waals surface area contributed by atoms with Gasteiger partial charge in [0, 0.05) is 11.5 Å². The summed E-state index contributed by atoms with van der Waals surface area (Å²) in [7, 11) is 1.68. The number of para-hydroxylation sites is 1. The van der Waals surface area contributed by atoms with Crippen LogP contribution in [-0.2, 0) is 11.3 Å². The summed E-state index contributed by atoms with van der Waals surface area (Å²) in [6, 6.07) is 7.92. The summed E-state index contributed by atoms with van der Waals surface area (Å²) in [6.07, 6.45) is 20.7. The third-order valence-corrected chi connectivity index (χ3v) is 6.40. The zero-order chi connectivity index (χ0) is 23.3. The Morgan fingerprint density at radius 1 is 0.875 bits per heavy atom. The average Bonchev–Trinajstić information content (AvgIpc) is 2.81. The smallest absolute Gasteiger partial charge is 0.124 e. The van der Waals surface area contributed by atoms with Crippen LogP contribution in [-0.4, -0.2) is 24.9 Å². The van der Waals surface area contributed by atoms with Crippen LogP contribution in [0.3, 0.4) is 0 Å². The second-order valence-electron chi connectivity index (χ2n) is 9.21. The van der Waals surface area contributed by atoms with Crippen LogP contribution < -0.4 is 4.74 Å². The Hall–Kier alpha value is -1.32.